The smallest absolute Gasteiger partial charge is 0.293 e. The minimum absolute atomic E-state index is 0.0635. The highest BCUT2D eigenvalue weighted by Crippen LogP contribution is 2.51. The van der Waals surface area contributed by atoms with Crippen LogP contribution < -0.4 is 40.8 Å². The average molecular weight is 909 g/mol. The Balaban J connectivity index is 0.792. The number of rotatable bonds is 12. The van der Waals surface area contributed by atoms with Crippen LogP contribution >= 0.6 is 11.6 Å². The first-order chi connectivity index (χ1) is 31.3. The molecule has 6 heterocycles. The number of imide groups is 2. The summed E-state index contributed by atoms with van der Waals surface area (Å²) in [7, 11) is 3.06. The number of likely N-dealkylation sites (N-methyl/N-ethyl adjacent to an activating group) is 1. The van der Waals surface area contributed by atoms with Crippen LogP contribution in [0.5, 0.6) is 11.5 Å². The number of nitrogens with zero attached hydrogens (tertiary/aromatic N) is 7. The van der Waals surface area contributed by atoms with Gasteiger partial charge in [0, 0.05) is 81.8 Å². The fourth-order valence-corrected chi connectivity index (χ4v) is 10.3. The van der Waals surface area contributed by atoms with Gasteiger partial charge in [0.1, 0.15) is 16.8 Å². The number of hydrogen-bond donors (Lipinski definition) is 3. The molecule has 342 valence electrons. The summed E-state index contributed by atoms with van der Waals surface area (Å²) in [4.78, 5) is 94.3. The molecule has 4 aliphatic heterocycles. The van der Waals surface area contributed by atoms with Crippen molar-refractivity contribution in [3.8, 4) is 11.5 Å². The highest BCUT2D eigenvalue weighted by atomic mass is 35.5. The lowest BCUT2D eigenvalue weighted by molar-refractivity contribution is -0.136. The van der Waals surface area contributed by atoms with Crippen molar-refractivity contribution in [1.29, 1.82) is 0 Å². The SMILES string of the molecule is CNC(=O)COc1cc2cc(Nc3nc(N4CCN(CC5CCC6(CC5)CN(c5c(OC)ccc7c5C(=O)N(C5CCC(=O)NC5=O)C7=O)C6)CC4)ncc3Cl)ccc2n(C(C)C)c1=O. The molecular formula is C46H53ClN10O8. The number of nitrogens with one attached hydrogen (secondary N) is 3. The monoisotopic (exact) mass is 908 g/mol. The van der Waals surface area contributed by atoms with Crippen LogP contribution in [0.25, 0.3) is 10.9 Å². The number of carbonyl (C=O) groups excluding carboxylic acids is 5. The molecule has 5 aliphatic rings. The van der Waals surface area contributed by atoms with Crippen molar-refractivity contribution in [3.05, 3.63) is 69.1 Å². The van der Waals surface area contributed by atoms with Crippen LogP contribution in [0.4, 0.5) is 23.1 Å². The predicted octanol–water partition coefficient (Wildman–Crippen LogP) is 4.12. The van der Waals surface area contributed by atoms with E-state index in [9.17, 15) is 28.8 Å². The number of hydrogen-bond acceptors (Lipinski definition) is 14. The maximum atomic E-state index is 13.9. The first-order valence-electron chi connectivity index (χ1n) is 22.2. The van der Waals surface area contributed by atoms with Crippen LogP contribution in [0.2, 0.25) is 5.02 Å². The Kier molecular flexibility index (Phi) is 11.9. The van der Waals surface area contributed by atoms with E-state index in [0.717, 1.165) is 87.3 Å². The van der Waals surface area contributed by atoms with Crippen LogP contribution in [-0.2, 0) is 14.4 Å². The Bertz CT molecular complexity index is 2650. The molecule has 4 aromatic rings. The number of aromatic nitrogens is 3. The van der Waals surface area contributed by atoms with Gasteiger partial charge in [-0.2, -0.15) is 4.98 Å². The fourth-order valence-electron chi connectivity index (χ4n) is 10.2. The van der Waals surface area contributed by atoms with Crippen LogP contribution in [0.1, 0.15) is 79.1 Å². The molecule has 2 aromatic carbocycles. The Labute approximate surface area is 380 Å². The molecule has 9 rings (SSSR count). The largest absolute Gasteiger partial charge is 0.495 e. The zero-order chi connectivity index (χ0) is 45.7. The number of piperidine rings is 1. The van der Waals surface area contributed by atoms with Crippen molar-refractivity contribution in [2.24, 2.45) is 11.3 Å². The molecule has 4 fully saturated rings. The van der Waals surface area contributed by atoms with E-state index >= 15 is 0 Å². The lowest BCUT2D eigenvalue weighted by Crippen LogP contribution is -2.58. The number of ether oxygens (including phenoxy) is 2. The predicted molar refractivity (Wildman–Crippen MR) is 243 cm³/mol. The first kappa shape index (κ1) is 44.0. The second-order valence-corrected chi connectivity index (χ2v) is 18.5. The number of piperazine rings is 1. The van der Waals surface area contributed by atoms with E-state index in [0.29, 0.717) is 39.8 Å². The number of halogens is 1. The van der Waals surface area contributed by atoms with Gasteiger partial charge in [-0.25, -0.2) is 4.98 Å². The number of pyridine rings is 1. The summed E-state index contributed by atoms with van der Waals surface area (Å²) >= 11 is 6.62. The summed E-state index contributed by atoms with van der Waals surface area (Å²) in [5, 5.41) is 9.22. The number of anilines is 4. The summed E-state index contributed by atoms with van der Waals surface area (Å²) in [6.07, 6.45) is 6.10. The van der Waals surface area contributed by atoms with Gasteiger partial charge in [-0.1, -0.05) is 11.6 Å². The number of fused-ring (bicyclic) bond motifs is 2. The summed E-state index contributed by atoms with van der Waals surface area (Å²) in [6.45, 7) is 9.35. The van der Waals surface area contributed by atoms with Gasteiger partial charge in [0.05, 0.1) is 35.6 Å². The van der Waals surface area contributed by atoms with Crippen LogP contribution in [0.3, 0.4) is 0 Å². The minimum atomic E-state index is -1.03. The van der Waals surface area contributed by atoms with E-state index < -0.39 is 29.7 Å². The maximum absolute atomic E-state index is 13.9. The second-order valence-electron chi connectivity index (χ2n) is 18.1. The third kappa shape index (κ3) is 8.33. The average Bonchev–Trinajstić information content (AvgIpc) is 3.53. The molecule has 3 N–H and O–H groups in total. The van der Waals surface area contributed by atoms with Crippen LogP contribution in [0, 0.1) is 11.3 Å². The van der Waals surface area contributed by atoms with E-state index in [1.54, 1.807) is 36.1 Å². The van der Waals surface area contributed by atoms with E-state index in [1.807, 2.05) is 32.0 Å². The van der Waals surface area contributed by atoms with E-state index in [4.69, 9.17) is 26.1 Å². The molecule has 18 nitrogen and oxygen atoms in total. The molecule has 65 heavy (non-hydrogen) atoms. The molecule has 0 radical (unpaired) electrons. The highest BCUT2D eigenvalue weighted by Gasteiger charge is 2.51. The Morgan fingerprint density at radius 1 is 0.954 bits per heavy atom. The molecule has 1 spiro atoms. The third-order valence-corrected chi connectivity index (χ3v) is 13.9. The number of amides is 5. The molecule has 0 bridgehead atoms. The van der Waals surface area contributed by atoms with Crippen molar-refractivity contribution >= 4 is 75.2 Å². The molecular weight excluding hydrogens is 856 g/mol. The minimum Gasteiger partial charge on any atom is -0.495 e. The van der Waals surface area contributed by atoms with Gasteiger partial charge >= 0.3 is 0 Å². The molecule has 1 unspecified atom stereocenters. The molecule has 1 aliphatic carbocycles. The summed E-state index contributed by atoms with van der Waals surface area (Å²) in [5.74, 6) is -0.216. The van der Waals surface area contributed by atoms with Crippen molar-refractivity contribution in [2.75, 3.05) is 81.7 Å². The fraction of sp³-hybridized carbons (Fsp3) is 0.478. The third-order valence-electron chi connectivity index (χ3n) is 13.6. The maximum Gasteiger partial charge on any atom is 0.293 e. The Morgan fingerprint density at radius 3 is 2.40 bits per heavy atom. The highest BCUT2D eigenvalue weighted by molar-refractivity contribution is 6.33. The molecule has 5 amide bonds. The lowest BCUT2D eigenvalue weighted by Gasteiger charge is -2.55. The second kappa shape index (κ2) is 17.6. The molecule has 2 aromatic heterocycles. The molecule has 1 saturated carbocycles. The Hall–Kier alpha value is -6.27. The van der Waals surface area contributed by atoms with Gasteiger partial charge in [-0.3, -0.25) is 43.9 Å². The first-order valence-corrected chi connectivity index (χ1v) is 22.6. The van der Waals surface area contributed by atoms with Gasteiger partial charge in [0.25, 0.3) is 23.3 Å². The van der Waals surface area contributed by atoms with E-state index in [1.165, 1.54) is 7.05 Å². The molecule has 3 saturated heterocycles. The molecule has 19 heteroatoms. The van der Waals surface area contributed by atoms with Gasteiger partial charge in [0.2, 0.25) is 17.8 Å². The normalized spacial score (nSPS) is 20.0. The van der Waals surface area contributed by atoms with Gasteiger partial charge in [-0.05, 0) is 88.3 Å². The van der Waals surface area contributed by atoms with Crippen molar-refractivity contribution in [1.82, 2.24) is 35.0 Å². The summed E-state index contributed by atoms with van der Waals surface area (Å²) in [5.41, 5.74) is 2.36. The van der Waals surface area contributed by atoms with Gasteiger partial charge in [0.15, 0.2) is 18.2 Å². The van der Waals surface area contributed by atoms with Crippen LogP contribution in [-0.4, -0.2) is 126 Å². The quantitative estimate of drug-likeness (QED) is 0.172. The zero-order valence-electron chi connectivity index (χ0n) is 36.9. The van der Waals surface area contributed by atoms with Crippen molar-refractivity contribution < 1.29 is 33.4 Å². The van der Waals surface area contributed by atoms with E-state index in [-0.39, 0.29) is 59.2 Å². The van der Waals surface area contributed by atoms with Crippen molar-refractivity contribution in [2.45, 2.75) is 64.5 Å². The number of benzene rings is 2. The zero-order valence-corrected chi connectivity index (χ0v) is 37.7. The summed E-state index contributed by atoms with van der Waals surface area (Å²) in [6, 6.07) is 9.41. The standard InChI is InChI=1S/C46H53ClN10O8/c1-26(2)56-32-7-5-29(19-28(32)20-35(43(56)62)65-23-37(59)48-3)50-40-31(47)21-49-45(52-40)54-17-15-53(16-18-54)22-27-11-13-46(14-12-27)24-55(25-46)39-34(64-4)9-6-30-38(39)44(63)57(42(30)61)33-8-10-36(58)51-41(33)60/h5-7,9,19-21,26-27,33H,8,10-18,22-25H2,1-4H3,(H,48,59)(H,49,50,52)(H,51,58,60). The topological polar surface area (TPSA) is 201 Å². The van der Waals surface area contributed by atoms with Crippen LogP contribution in [0.15, 0.2) is 47.4 Å². The molecule has 1 atom stereocenters. The lowest BCUT2D eigenvalue weighted by atomic mass is 9.65. The van der Waals surface area contributed by atoms with Crippen molar-refractivity contribution in [3.63, 3.8) is 0 Å². The van der Waals surface area contributed by atoms with E-state index in [2.05, 4.69) is 35.6 Å². The number of carbonyl (C=O) groups is 5. The Morgan fingerprint density at radius 2 is 1.71 bits per heavy atom. The summed E-state index contributed by atoms with van der Waals surface area (Å²) < 4.78 is 13.0. The van der Waals surface area contributed by atoms with Gasteiger partial charge < -0.3 is 34.5 Å². The van der Waals surface area contributed by atoms with Gasteiger partial charge in [-0.15, -0.1) is 0 Å². The number of methoxy groups -OCH3 is 1.